The van der Waals surface area contributed by atoms with Crippen molar-refractivity contribution in [2.75, 3.05) is 27.6 Å². The number of para-hydroxylation sites is 1. The molecule has 2 aromatic carbocycles. The highest BCUT2D eigenvalue weighted by molar-refractivity contribution is 7.89. The fraction of sp³-hybridized carbons (Fsp3) is 0.562. The molecule has 1 saturated heterocycles. The average molecular weight is 602 g/mol. The van der Waals surface area contributed by atoms with Crippen molar-refractivity contribution >= 4 is 18.3 Å². The number of sulfonamides is 1. The van der Waals surface area contributed by atoms with Gasteiger partial charge in [-0.1, -0.05) is 49.2 Å². The molecule has 2 aliphatic rings. The van der Waals surface area contributed by atoms with Crippen molar-refractivity contribution in [3.8, 4) is 11.5 Å². The lowest BCUT2D eigenvalue weighted by molar-refractivity contribution is -0.0808. The van der Waals surface area contributed by atoms with Gasteiger partial charge < -0.3 is 18.6 Å². The number of ether oxygens (including phenoxy) is 3. The Morgan fingerprint density at radius 1 is 1.12 bits per heavy atom. The Hall–Kier alpha value is -2.17. The molecule has 0 aromatic heterocycles. The second-order valence-electron chi connectivity index (χ2n) is 12.8. The van der Waals surface area contributed by atoms with Crippen molar-refractivity contribution in [2.24, 2.45) is 10.8 Å². The fourth-order valence-corrected chi connectivity index (χ4v) is 10.1. The van der Waals surface area contributed by atoms with Crippen LogP contribution in [0, 0.1) is 17.8 Å². The Balaban J connectivity index is 1.83. The molecule has 1 saturated carbocycles. The lowest BCUT2D eigenvalue weighted by atomic mass is 9.53. The van der Waals surface area contributed by atoms with Gasteiger partial charge in [-0.3, -0.25) is 0 Å². The van der Waals surface area contributed by atoms with E-state index in [0.717, 1.165) is 30.4 Å². The van der Waals surface area contributed by atoms with Gasteiger partial charge in [-0.15, -0.1) is 6.58 Å². The van der Waals surface area contributed by atoms with E-state index in [1.165, 1.54) is 0 Å². The van der Waals surface area contributed by atoms with Crippen LogP contribution in [0.5, 0.6) is 11.5 Å². The van der Waals surface area contributed by atoms with Crippen LogP contribution in [0.1, 0.15) is 43.7 Å². The van der Waals surface area contributed by atoms with Crippen molar-refractivity contribution in [1.82, 2.24) is 4.31 Å². The number of hydrogen-bond donors (Lipinski definition) is 0. The number of aryl methyl sites for hydroxylation is 2. The van der Waals surface area contributed by atoms with Crippen molar-refractivity contribution in [3.63, 3.8) is 0 Å². The monoisotopic (exact) mass is 601 g/mol. The van der Waals surface area contributed by atoms with E-state index in [0.29, 0.717) is 35.8 Å². The Kier molecular flexibility index (Phi) is 9.45. The van der Waals surface area contributed by atoms with E-state index in [1.54, 1.807) is 30.7 Å². The summed E-state index contributed by atoms with van der Waals surface area (Å²) in [5.74, 6) is 1.30. The van der Waals surface area contributed by atoms with Crippen molar-refractivity contribution in [2.45, 2.75) is 82.6 Å². The molecule has 9 heteroatoms. The predicted octanol–water partition coefficient (Wildman–Crippen LogP) is 6.57. The van der Waals surface area contributed by atoms with Gasteiger partial charge in [0.15, 0.2) is 26.6 Å². The summed E-state index contributed by atoms with van der Waals surface area (Å²) < 4.78 is 54.1. The van der Waals surface area contributed by atoms with E-state index in [-0.39, 0.29) is 18.3 Å². The highest BCUT2D eigenvalue weighted by Gasteiger charge is 2.67. The zero-order valence-corrected chi connectivity index (χ0v) is 27.6. The Labute approximate surface area is 248 Å². The molecule has 0 N–H and O–H groups in total. The van der Waals surface area contributed by atoms with Crippen molar-refractivity contribution in [1.29, 1.82) is 0 Å². The smallest absolute Gasteiger partial charge is 0.243 e. The van der Waals surface area contributed by atoms with E-state index < -0.39 is 29.8 Å². The largest absolute Gasteiger partial charge is 0.493 e. The molecule has 0 amide bonds. The van der Waals surface area contributed by atoms with Crippen molar-refractivity contribution < 1.29 is 27.1 Å². The molecule has 0 bridgehead atoms. The molecule has 0 radical (unpaired) electrons. The molecule has 7 nitrogen and oxygen atoms in total. The summed E-state index contributed by atoms with van der Waals surface area (Å²) in [5, 5.41) is 0. The molecular formula is C32H47NO6SSi. The summed E-state index contributed by atoms with van der Waals surface area (Å²) >= 11 is 0. The molecule has 2 aromatic rings. The van der Waals surface area contributed by atoms with Gasteiger partial charge in [0.25, 0.3) is 0 Å². The number of nitrogens with zero attached hydrogens (tertiary/aromatic N) is 1. The van der Waals surface area contributed by atoms with Gasteiger partial charge in [-0.25, -0.2) is 8.42 Å². The first-order valence-corrected chi connectivity index (χ1v) is 19.3. The summed E-state index contributed by atoms with van der Waals surface area (Å²) in [6.45, 7) is 15.6. The minimum absolute atomic E-state index is 0.0944. The normalized spacial score (nSPS) is 26.9. The molecule has 0 spiro atoms. The van der Waals surface area contributed by atoms with E-state index in [4.69, 9.17) is 18.6 Å². The first kappa shape index (κ1) is 31.8. The summed E-state index contributed by atoms with van der Waals surface area (Å²) in [7, 11) is -2.53. The van der Waals surface area contributed by atoms with E-state index >= 15 is 0 Å². The number of methoxy groups -OCH3 is 2. The van der Waals surface area contributed by atoms with Gasteiger partial charge in [-0.2, -0.15) is 4.31 Å². The lowest BCUT2D eigenvalue weighted by Gasteiger charge is -2.55. The quantitative estimate of drug-likeness (QED) is 0.156. The summed E-state index contributed by atoms with van der Waals surface area (Å²) in [6.07, 6.45) is 5.96. The summed E-state index contributed by atoms with van der Waals surface area (Å²) in [4.78, 5) is 0.318. The van der Waals surface area contributed by atoms with E-state index in [2.05, 4.69) is 39.2 Å². The summed E-state index contributed by atoms with van der Waals surface area (Å²) in [5.41, 5.74) is 1.24. The molecule has 226 valence electrons. The van der Waals surface area contributed by atoms with Crippen LogP contribution >= 0.6 is 0 Å². The maximum atomic E-state index is 14.3. The van der Waals surface area contributed by atoms with Gasteiger partial charge in [-0.05, 0) is 81.4 Å². The van der Waals surface area contributed by atoms with Gasteiger partial charge in [0.1, 0.15) is 0 Å². The second-order valence-corrected chi connectivity index (χ2v) is 19.1. The molecule has 1 aliphatic heterocycles. The minimum Gasteiger partial charge on any atom is -0.493 e. The number of rotatable bonds is 12. The molecule has 4 rings (SSSR count). The van der Waals surface area contributed by atoms with E-state index in [1.807, 2.05) is 37.3 Å². The Morgan fingerprint density at radius 2 is 1.83 bits per heavy atom. The average Bonchev–Trinajstić information content (AvgIpc) is 3.20. The highest BCUT2D eigenvalue weighted by Crippen LogP contribution is 2.63. The van der Waals surface area contributed by atoms with Gasteiger partial charge in [0.05, 0.1) is 24.2 Å². The third-order valence-electron chi connectivity index (χ3n) is 8.99. The zero-order valence-electron chi connectivity index (χ0n) is 25.7. The van der Waals surface area contributed by atoms with Crippen LogP contribution in [0.4, 0.5) is 0 Å². The fourth-order valence-electron chi connectivity index (χ4n) is 7.18. The van der Waals surface area contributed by atoms with Crippen LogP contribution in [0.3, 0.4) is 0 Å². The second kappa shape index (κ2) is 12.2. The Morgan fingerprint density at radius 3 is 2.44 bits per heavy atom. The van der Waals surface area contributed by atoms with Crippen LogP contribution < -0.4 is 9.47 Å². The summed E-state index contributed by atoms with van der Waals surface area (Å²) in [6, 6.07) is 12.6. The number of benzene rings is 2. The van der Waals surface area contributed by atoms with Crippen LogP contribution in [-0.4, -0.2) is 60.7 Å². The van der Waals surface area contributed by atoms with Gasteiger partial charge in [0.2, 0.25) is 10.0 Å². The topological polar surface area (TPSA) is 74.3 Å². The zero-order chi connectivity index (χ0) is 30.1. The van der Waals surface area contributed by atoms with Crippen LogP contribution in [-0.2, 0) is 25.6 Å². The molecule has 2 unspecified atom stereocenters. The predicted molar refractivity (Wildman–Crippen MR) is 165 cm³/mol. The molecule has 2 fully saturated rings. The Bertz CT molecular complexity index is 1320. The highest BCUT2D eigenvalue weighted by atomic mass is 32.2. The maximum Gasteiger partial charge on any atom is 0.243 e. The van der Waals surface area contributed by atoms with Crippen LogP contribution in [0.15, 0.2) is 60.0 Å². The maximum absolute atomic E-state index is 14.3. The number of hydrogen-bond acceptors (Lipinski definition) is 6. The van der Waals surface area contributed by atoms with E-state index in [9.17, 15) is 8.42 Å². The molecule has 1 aliphatic carbocycles. The molecule has 1 heterocycles. The molecule has 4 atom stereocenters. The first-order valence-electron chi connectivity index (χ1n) is 14.5. The van der Waals surface area contributed by atoms with Crippen LogP contribution in [0.25, 0.3) is 0 Å². The van der Waals surface area contributed by atoms with Gasteiger partial charge >= 0.3 is 0 Å². The third-order valence-corrected chi connectivity index (χ3v) is 11.8. The van der Waals surface area contributed by atoms with Crippen LogP contribution in [0.2, 0.25) is 19.6 Å². The minimum atomic E-state index is -3.78. The SMILES string of the molecule is C=CC1N(S(=O)(=O)c2ccc(C)cc2)C[C@]2(C)CCCC(O[Si](C)(C)C)[C@]12CCc1cccc(OC)c1OCOC. The molecular weight excluding hydrogens is 555 g/mol. The lowest BCUT2D eigenvalue weighted by Crippen LogP contribution is -2.58. The number of fused-ring (bicyclic) bond motifs is 1. The third kappa shape index (κ3) is 6.02. The van der Waals surface area contributed by atoms with Gasteiger partial charge in [0, 0.05) is 19.1 Å². The first-order chi connectivity index (χ1) is 19.3. The van der Waals surface area contributed by atoms with Crippen molar-refractivity contribution in [3.05, 3.63) is 66.2 Å². The molecule has 41 heavy (non-hydrogen) atoms. The standard InChI is InChI=1S/C32H47NO6SSi/c1-9-28-32(21-19-25-12-10-13-27(37-5)30(25)38-23-36-4)29(39-41(6,7)8)14-11-20-31(32,3)22-33(28)40(34,35)26-17-15-24(2)16-18-26/h9-10,12-13,15-18,28-29H,1,11,14,19-23H2,2-8H3/t28?,29?,31-,32-/m0/s1.